The van der Waals surface area contributed by atoms with Crippen molar-refractivity contribution in [3.05, 3.63) is 60.8 Å². The molecular formula is C51H89N2O13PS. The summed E-state index contributed by atoms with van der Waals surface area (Å²) in [5, 5.41) is 28.4. The van der Waals surface area contributed by atoms with Gasteiger partial charge in [0.05, 0.1) is 19.3 Å². The molecular weight excluding hydrogens is 912 g/mol. The van der Waals surface area contributed by atoms with Gasteiger partial charge >= 0.3 is 31.7 Å². The van der Waals surface area contributed by atoms with Gasteiger partial charge in [0.2, 0.25) is 0 Å². The molecule has 17 heteroatoms. The van der Waals surface area contributed by atoms with E-state index in [9.17, 15) is 33.7 Å². The van der Waals surface area contributed by atoms with Crippen molar-refractivity contribution in [2.75, 3.05) is 25.6 Å². The molecule has 0 radical (unpaired) electrons. The molecule has 1 unspecified atom stereocenters. The first kappa shape index (κ1) is 64.9. The molecule has 0 saturated carbocycles. The SMILES string of the molecule is CCCCC/C=C\C\C=C/C=C/C=C/[C@@H](SC[C@H](N)C(=O)OC[C@H](COP(=O)(O)OC[C@H](N)C(=O)O)OC(=O)CCCCCCCCCCC/C=C\CCCCCCCC)[C@@H](O)CCCC(=O)O. The molecule has 0 saturated heterocycles. The highest BCUT2D eigenvalue weighted by atomic mass is 32.2. The molecule has 0 aromatic carbocycles. The third-order valence-corrected chi connectivity index (χ3v) is 13.1. The molecule has 0 fully saturated rings. The molecule has 8 N–H and O–H groups in total. The average molecular weight is 1000 g/mol. The standard InChI is InChI=1S/C51H89N2O13PS/c1-3-5-7-9-11-13-15-17-18-19-20-21-22-23-25-27-29-31-33-38-49(57)66-43(40-64-67(61,62)65-41-44(52)50(58)59)39-63-51(60)45(53)42-68-47(46(54)35-34-37-48(55)56)36-32-30-28-26-24-16-14-12-10-8-6-4-2/h12,14,17-18,24,26,28,30,32,36,43-47,54H,3-11,13,15-16,19-23,25,27,29,31,33-35,37-42,52-53H2,1-2H3,(H,55,56)(H,58,59)(H,61,62)/b14-12-,18-17-,26-24-,30-28+,36-32+/t43-,44+,45+,46+,47-/m1/s1. The first-order valence-corrected chi connectivity index (χ1v) is 27.8. The molecule has 0 aliphatic carbocycles. The Labute approximate surface area is 412 Å². The van der Waals surface area contributed by atoms with Gasteiger partial charge in [-0.3, -0.25) is 28.2 Å². The monoisotopic (exact) mass is 1000 g/mol. The number of rotatable bonds is 47. The van der Waals surface area contributed by atoms with Crippen LogP contribution in [0.4, 0.5) is 0 Å². The Bertz CT molecular complexity index is 1510. The number of allylic oxidation sites excluding steroid dienone is 9. The van der Waals surface area contributed by atoms with Gasteiger partial charge in [-0.15, -0.1) is 11.8 Å². The third-order valence-electron chi connectivity index (χ3n) is 10.7. The predicted octanol–water partition coefficient (Wildman–Crippen LogP) is 10.8. The van der Waals surface area contributed by atoms with E-state index in [1.54, 1.807) is 18.2 Å². The number of unbranched alkanes of at least 4 members (excludes halogenated alkanes) is 18. The number of aliphatic hydroxyl groups excluding tert-OH is 1. The minimum atomic E-state index is -4.86. The van der Waals surface area contributed by atoms with Gasteiger partial charge in [0.15, 0.2) is 6.10 Å². The number of aliphatic hydroxyl groups is 1. The maximum Gasteiger partial charge on any atom is 0.472 e. The van der Waals surface area contributed by atoms with Gasteiger partial charge in [-0.25, -0.2) is 4.57 Å². The Morgan fingerprint density at radius 1 is 0.618 bits per heavy atom. The highest BCUT2D eigenvalue weighted by molar-refractivity contribution is 8.00. The van der Waals surface area contributed by atoms with E-state index < -0.39 is 81.1 Å². The second kappa shape index (κ2) is 45.1. The molecule has 0 rings (SSSR count). The molecule has 0 bridgehead atoms. The number of phosphoric ester groups is 1. The summed E-state index contributed by atoms with van der Waals surface area (Å²) in [5.41, 5.74) is 11.5. The van der Waals surface area contributed by atoms with Crippen molar-refractivity contribution < 1.29 is 62.5 Å². The minimum absolute atomic E-state index is 0.000491. The van der Waals surface area contributed by atoms with E-state index in [1.165, 1.54) is 102 Å². The number of carbonyl (C=O) groups excluding carboxylic acids is 2. The van der Waals surface area contributed by atoms with Crippen molar-refractivity contribution in [1.82, 2.24) is 0 Å². The Morgan fingerprint density at radius 2 is 1.15 bits per heavy atom. The van der Waals surface area contributed by atoms with Crippen LogP contribution in [0.5, 0.6) is 0 Å². The van der Waals surface area contributed by atoms with Gasteiger partial charge in [-0.1, -0.05) is 164 Å². The van der Waals surface area contributed by atoms with Gasteiger partial charge in [-0.2, -0.15) is 0 Å². The Kier molecular flexibility index (Phi) is 43.0. The van der Waals surface area contributed by atoms with Gasteiger partial charge in [0, 0.05) is 23.8 Å². The number of carboxylic acid groups (broad SMARTS) is 2. The zero-order valence-corrected chi connectivity index (χ0v) is 43.1. The fourth-order valence-corrected chi connectivity index (χ4v) is 8.52. The lowest BCUT2D eigenvalue weighted by Crippen LogP contribution is -2.38. The Balaban J connectivity index is 5.09. The number of esters is 2. The molecule has 0 amide bonds. The topological polar surface area (TPSA) is 255 Å². The summed E-state index contributed by atoms with van der Waals surface area (Å²) < 4.78 is 32.9. The fraction of sp³-hybridized carbons (Fsp3) is 0.725. The van der Waals surface area contributed by atoms with Gasteiger partial charge in [0.1, 0.15) is 18.7 Å². The molecule has 6 atom stereocenters. The van der Waals surface area contributed by atoms with E-state index >= 15 is 0 Å². The fourth-order valence-electron chi connectivity index (χ4n) is 6.62. The van der Waals surface area contributed by atoms with Crippen LogP contribution in [-0.4, -0.2) is 99.2 Å². The molecule has 0 aliphatic rings. The molecule has 0 spiro atoms. The highest BCUT2D eigenvalue weighted by Crippen LogP contribution is 2.43. The second-order valence-corrected chi connectivity index (χ2v) is 19.8. The second-order valence-electron chi connectivity index (χ2n) is 17.2. The maximum atomic E-state index is 13.0. The molecule has 68 heavy (non-hydrogen) atoms. The lowest BCUT2D eigenvalue weighted by atomic mass is 10.1. The number of hydrogen-bond donors (Lipinski definition) is 6. The number of carboxylic acids is 2. The number of nitrogens with two attached hydrogens (primary N) is 2. The molecule has 15 nitrogen and oxygen atoms in total. The number of phosphoric acid groups is 1. The maximum absolute atomic E-state index is 13.0. The van der Waals surface area contributed by atoms with Gasteiger partial charge < -0.3 is 41.2 Å². The van der Waals surface area contributed by atoms with Crippen LogP contribution < -0.4 is 11.5 Å². The van der Waals surface area contributed by atoms with Crippen molar-refractivity contribution in [1.29, 1.82) is 0 Å². The minimum Gasteiger partial charge on any atom is -0.481 e. The first-order chi connectivity index (χ1) is 32.7. The number of aliphatic carboxylic acids is 2. The molecule has 392 valence electrons. The van der Waals surface area contributed by atoms with E-state index in [2.05, 4.69) is 42.7 Å². The van der Waals surface area contributed by atoms with Crippen LogP contribution in [0, 0.1) is 0 Å². The van der Waals surface area contributed by atoms with Crippen molar-refractivity contribution >= 4 is 43.5 Å². The average Bonchev–Trinajstić information content (AvgIpc) is 3.30. The first-order valence-electron chi connectivity index (χ1n) is 25.3. The van der Waals surface area contributed by atoms with E-state index in [0.717, 1.165) is 44.9 Å². The quantitative estimate of drug-likeness (QED) is 0.0109. The molecule has 0 heterocycles. The van der Waals surface area contributed by atoms with Crippen LogP contribution in [0.2, 0.25) is 0 Å². The van der Waals surface area contributed by atoms with Crippen molar-refractivity contribution in [2.24, 2.45) is 11.5 Å². The van der Waals surface area contributed by atoms with E-state index in [0.29, 0.717) is 6.42 Å². The highest BCUT2D eigenvalue weighted by Gasteiger charge is 2.29. The zero-order chi connectivity index (χ0) is 50.5. The van der Waals surface area contributed by atoms with Crippen molar-refractivity contribution in [3.8, 4) is 0 Å². The van der Waals surface area contributed by atoms with Gasteiger partial charge in [-0.05, 0) is 64.2 Å². The van der Waals surface area contributed by atoms with Crippen LogP contribution in [0.25, 0.3) is 0 Å². The predicted molar refractivity (Wildman–Crippen MR) is 273 cm³/mol. The van der Waals surface area contributed by atoms with E-state index in [-0.39, 0.29) is 31.4 Å². The van der Waals surface area contributed by atoms with Crippen LogP contribution in [0.1, 0.15) is 181 Å². The van der Waals surface area contributed by atoms with Crippen molar-refractivity contribution in [3.63, 3.8) is 0 Å². The smallest absolute Gasteiger partial charge is 0.472 e. The summed E-state index contributed by atoms with van der Waals surface area (Å²) >= 11 is 1.18. The summed E-state index contributed by atoms with van der Waals surface area (Å²) in [6.07, 6.45) is 43.2. The van der Waals surface area contributed by atoms with Crippen LogP contribution in [0.3, 0.4) is 0 Å². The summed E-state index contributed by atoms with van der Waals surface area (Å²) in [6.45, 7) is 2.27. The number of ether oxygens (including phenoxy) is 2. The normalized spacial score (nSPS) is 15.3. The number of hydrogen-bond acceptors (Lipinski definition) is 13. The Hall–Kier alpha value is -3.08. The van der Waals surface area contributed by atoms with E-state index in [4.69, 9.17) is 35.7 Å². The third kappa shape index (κ3) is 41.9. The molecule has 0 aromatic rings. The van der Waals surface area contributed by atoms with Gasteiger partial charge in [0.25, 0.3) is 0 Å². The van der Waals surface area contributed by atoms with Crippen molar-refractivity contribution in [2.45, 2.75) is 210 Å². The van der Waals surface area contributed by atoms with Crippen LogP contribution >= 0.6 is 19.6 Å². The molecule has 0 aliphatic heterocycles. The Morgan fingerprint density at radius 3 is 1.75 bits per heavy atom. The number of carbonyl (C=O) groups is 4. The summed E-state index contributed by atoms with van der Waals surface area (Å²) in [7, 11) is -4.86. The lowest BCUT2D eigenvalue weighted by molar-refractivity contribution is -0.161. The lowest BCUT2D eigenvalue weighted by Gasteiger charge is -2.22. The summed E-state index contributed by atoms with van der Waals surface area (Å²) in [6, 6.07) is -2.79. The van der Waals surface area contributed by atoms with Crippen LogP contribution in [-0.2, 0) is 42.3 Å². The summed E-state index contributed by atoms with van der Waals surface area (Å²) in [4.78, 5) is 58.1. The summed E-state index contributed by atoms with van der Waals surface area (Å²) in [5.74, 6) is -3.95. The zero-order valence-electron chi connectivity index (χ0n) is 41.3. The van der Waals surface area contributed by atoms with E-state index in [1.807, 2.05) is 18.2 Å². The number of thioether (sulfide) groups is 1. The largest absolute Gasteiger partial charge is 0.481 e. The molecule has 0 aromatic heterocycles. The van der Waals surface area contributed by atoms with Crippen LogP contribution in [0.15, 0.2) is 60.8 Å².